The molecule has 3 rings (SSSR count). The largest absolute Gasteiger partial charge is 0.494 e. The molecule has 0 saturated carbocycles. The number of aryl methyl sites for hydroxylation is 1. The van der Waals surface area contributed by atoms with Gasteiger partial charge in [-0.15, -0.1) is 21.5 Å². The average molecular weight is 346 g/mol. The van der Waals surface area contributed by atoms with Gasteiger partial charge in [0, 0.05) is 5.75 Å². The first-order valence-electron chi connectivity index (χ1n) is 7.30. The van der Waals surface area contributed by atoms with Crippen LogP contribution in [0.4, 0.5) is 0 Å². The first kappa shape index (κ1) is 15.9. The summed E-state index contributed by atoms with van der Waals surface area (Å²) >= 11 is 3.19. The van der Waals surface area contributed by atoms with Crippen molar-refractivity contribution in [2.45, 2.75) is 18.5 Å². The van der Waals surface area contributed by atoms with Gasteiger partial charge >= 0.3 is 0 Å². The number of ether oxygens (including phenoxy) is 1. The summed E-state index contributed by atoms with van der Waals surface area (Å²) in [5.74, 6) is 8.56. The molecule has 2 N–H and O–H groups in total. The Morgan fingerprint density at radius 3 is 2.96 bits per heavy atom. The van der Waals surface area contributed by atoms with Gasteiger partial charge in [0.25, 0.3) is 0 Å². The lowest BCUT2D eigenvalue weighted by atomic mass is 10.2. The van der Waals surface area contributed by atoms with Crippen molar-refractivity contribution in [2.75, 3.05) is 18.2 Å². The molecule has 0 bridgehead atoms. The van der Waals surface area contributed by atoms with Gasteiger partial charge < -0.3 is 10.6 Å². The molecule has 23 heavy (non-hydrogen) atoms. The third kappa shape index (κ3) is 4.05. The van der Waals surface area contributed by atoms with Crippen LogP contribution in [0.15, 0.2) is 46.9 Å². The zero-order chi connectivity index (χ0) is 16.1. The maximum absolute atomic E-state index is 6.06. The molecule has 0 amide bonds. The minimum atomic E-state index is 0.674. The van der Waals surface area contributed by atoms with E-state index in [0.717, 1.165) is 28.0 Å². The first-order chi connectivity index (χ1) is 11.2. The van der Waals surface area contributed by atoms with Crippen LogP contribution in [0.25, 0.3) is 10.7 Å². The second kappa shape index (κ2) is 7.52. The Morgan fingerprint density at radius 2 is 2.17 bits per heavy atom. The second-order valence-corrected chi connectivity index (χ2v) is 7.03. The van der Waals surface area contributed by atoms with Crippen LogP contribution < -0.4 is 10.6 Å². The van der Waals surface area contributed by atoms with Crippen molar-refractivity contribution in [3.63, 3.8) is 0 Å². The first-order valence-corrected chi connectivity index (χ1v) is 9.17. The van der Waals surface area contributed by atoms with Crippen LogP contribution in [-0.2, 0) is 0 Å². The number of hydrogen-bond donors (Lipinski definition) is 1. The van der Waals surface area contributed by atoms with Crippen LogP contribution in [0.3, 0.4) is 0 Å². The minimum Gasteiger partial charge on any atom is -0.494 e. The summed E-state index contributed by atoms with van der Waals surface area (Å²) in [4.78, 5) is 1.02. The quantitative estimate of drug-likeness (QED) is 0.402. The van der Waals surface area contributed by atoms with Crippen molar-refractivity contribution in [3.05, 3.63) is 47.3 Å². The molecule has 2 heterocycles. The summed E-state index contributed by atoms with van der Waals surface area (Å²) in [5.41, 5.74) is 1.20. The lowest BCUT2D eigenvalue weighted by Crippen LogP contribution is -2.11. The SMILES string of the molecule is Cc1cccc(OCCCSc2nnc(-c3cccs3)n2N)c1. The Morgan fingerprint density at radius 1 is 1.26 bits per heavy atom. The van der Waals surface area contributed by atoms with E-state index in [1.165, 1.54) is 5.56 Å². The molecule has 0 fully saturated rings. The molecule has 7 heteroatoms. The van der Waals surface area contributed by atoms with Gasteiger partial charge in [-0.1, -0.05) is 30.0 Å². The summed E-state index contributed by atoms with van der Waals surface area (Å²) in [6, 6.07) is 12.0. The number of aromatic nitrogens is 3. The Kier molecular flexibility index (Phi) is 5.19. The predicted molar refractivity (Wildman–Crippen MR) is 95.5 cm³/mol. The van der Waals surface area contributed by atoms with Gasteiger partial charge in [-0.3, -0.25) is 0 Å². The molecule has 0 spiro atoms. The predicted octanol–water partition coefficient (Wildman–Crippen LogP) is 3.59. The van der Waals surface area contributed by atoms with Gasteiger partial charge in [0.05, 0.1) is 11.5 Å². The molecule has 5 nitrogen and oxygen atoms in total. The molecule has 3 aromatic rings. The maximum atomic E-state index is 6.06. The van der Waals surface area contributed by atoms with Gasteiger partial charge in [0.15, 0.2) is 5.82 Å². The highest BCUT2D eigenvalue weighted by Crippen LogP contribution is 2.25. The molecule has 0 aliphatic carbocycles. The molecule has 0 aliphatic rings. The van der Waals surface area contributed by atoms with Crippen molar-refractivity contribution in [1.82, 2.24) is 14.9 Å². The van der Waals surface area contributed by atoms with E-state index >= 15 is 0 Å². The smallest absolute Gasteiger partial charge is 0.210 e. The molecule has 2 aromatic heterocycles. The minimum absolute atomic E-state index is 0.674. The van der Waals surface area contributed by atoms with Crippen LogP contribution >= 0.6 is 23.1 Å². The molecular formula is C16H18N4OS2. The van der Waals surface area contributed by atoms with E-state index in [0.29, 0.717) is 12.4 Å². The normalized spacial score (nSPS) is 10.8. The number of hydrogen-bond acceptors (Lipinski definition) is 6. The van der Waals surface area contributed by atoms with Crippen molar-refractivity contribution >= 4 is 23.1 Å². The van der Waals surface area contributed by atoms with Gasteiger partial charge in [-0.2, -0.15) is 0 Å². The number of nitrogen functional groups attached to an aromatic ring is 1. The Labute approximate surface area is 143 Å². The third-order valence-electron chi connectivity index (χ3n) is 3.18. The number of nitrogens with zero attached hydrogens (tertiary/aromatic N) is 3. The van der Waals surface area contributed by atoms with E-state index in [1.54, 1.807) is 27.8 Å². The highest BCUT2D eigenvalue weighted by Gasteiger charge is 2.12. The molecule has 1 aromatic carbocycles. The van der Waals surface area contributed by atoms with E-state index in [1.807, 2.05) is 35.7 Å². The zero-order valence-electron chi connectivity index (χ0n) is 12.8. The van der Waals surface area contributed by atoms with Gasteiger partial charge in [-0.05, 0) is 42.5 Å². The van der Waals surface area contributed by atoms with Crippen LogP contribution in [0, 0.1) is 6.92 Å². The van der Waals surface area contributed by atoms with Gasteiger partial charge in [0.2, 0.25) is 5.16 Å². The molecule has 120 valence electrons. The summed E-state index contributed by atoms with van der Waals surface area (Å²) in [7, 11) is 0. The Balaban J connectivity index is 1.46. The third-order valence-corrected chi connectivity index (χ3v) is 5.08. The maximum Gasteiger partial charge on any atom is 0.210 e. The van der Waals surface area contributed by atoms with E-state index in [2.05, 4.69) is 23.2 Å². The lowest BCUT2D eigenvalue weighted by Gasteiger charge is -2.06. The Hall–Kier alpha value is -1.99. The van der Waals surface area contributed by atoms with Gasteiger partial charge in [0.1, 0.15) is 5.75 Å². The van der Waals surface area contributed by atoms with E-state index in [4.69, 9.17) is 10.6 Å². The average Bonchev–Trinajstić information content (AvgIpc) is 3.17. The number of thiophene rings is 1. The molecule has 0 aliphatic heterocycles. The number of nitrogens with two attached hydrogens (primary N) is 1. The number of rotatable bonds is 7. The molecule has 0 unspecified atom stereocenters. The van der Waals surface area contributed by atoms with Gasteiger partial charge in [-0.25, -0.2) is 4.68 Å². The van der Waals surface area contributed by atoms with E-state index in [-0.39, 0.29) is 0 Å². The summed E-state index contributed by atoms with van der Waals surface area (Å²) in [5, 5.41) is 11.0. The second-order valence-electron chi connectivity index (χ2n) is 5.02. The fourth-order valence-corrected chi connectivity index (χ4v) is 3.54. The Bertz CT molecular complexity index is 755. The zero-order valence-corrected chi connectivity index (χ0v) is 14.4. The van der Waals surface area contributed by atoms with Crippen LogP contribution in [0.1, 0.15) is 12.0 Å². The highest BCUT2D eigenvalue weighted by atomic mass is 32.2. The van der Waals surface area contributed by atoms with Crippen LogP contribution in [-0.4, -0.2) is 27.2 Å². The van der Waals surface area contributed by atoms with Crippen LogP contribution in [0.5, 0.6) is 5.75 Å². The number of thioether (sulfide) groups is 1. The molecule has 0 atom stereocenters. The monoisotopic (exact) mass is 346 g/mol. The lowest BCUT2D eigenvalue weighted by molar-refractivity contribution is 0.318. The van der Waals surface area contributed by atoms with Crippen molar-refractivity contribution < 1.29 is 4.74 Å². The fourth-order valence-electron chi connectivity index (χ4n) is 2.07. The van der Waals surface area contributed by atoms with E-state index in [9.17, 15) is 0 Å². The van der Waals surface area contributed by atoms with Crippen LogP contribution in [0.2, 0.25) is 0 Å². The summed E-state index contributed by atoms with van der Waals surface area (Å²) in [6.45, 7) is 2.73. The standard InChI is InChI=1S/C16H18N4OS2/c1-12-5-2-6-13(11-12)21-8-4-10-23-16-19-18-15(20(16)17)14-7-3-9-22-14/h2-3,5-7,9,11H,4,8,10,17H2,1H3. The van der Waals surface area contributed by atoms with Crippen molar-refractivity contribution in [3.8, 4) is 16.5 Å². The van der Waals surface area contributed by atoms with Crippen molar-refractivity contribution in [1.29, 1.82) is 0 Å². The molecular weight excluding hydrogens is 328 g/mol. The molecule has 0 saturated heterocycles. The topological polar surface area (TPSA) is 66.0 Å². The fraction of sp³-hybridized carbons (Fsp3) is 0.250. The summed E-state index contributed by atoms with van der Waals surface area (Å²) < 4.78 is 7.29. The summed E-state index contributed by atoms with van der Waals surface area (Å²) in [6.07, 6.45) is 0.916. The van der Waals surface area contributed by atoms with E-state index < -0.39 is 0 Å². The molecule has 0 radical (unpaired) electrons. The number of benzene rings is 1. The van der Waals surface area contributed by atoms with Crippen molar-refractivity contribution in [2.24, 2.45) is 0 Å². The highest BCUT2D eigenvalue weighted by molar-refractivity contribution is 7.99.